The third-order valence-corrected chi connectivity index (χ3v) is 8.73. The van der Waals surface area contributed by atoms with E-state index in [0.717, 1.165) is 31.1 Å². The molecule has 0 aromatic carbocycles. The molecule has 0 saturated heterocycles. The average Bonchev–Trinajstić information content (AvgIpc) is 3.32. The highest BCUT2D eigenvalue weighted by Crippen LogP contribution is 2.26. The molecule has 1 saturated carbocycles. The Bertz CT molecular complexity index is 1690. The predicted molar refractivity (Wildman–Crippen MR) is 160 cm³/mol. The Morgan fingerprint density at radius 1 is 1.07 bits per heavy atom. The molecule has 4 aromatic heterocycles. The monoisotopic (exact) mass is 579 g/mol. The van der Waals surface area contributed by atoms with Gasteiger partial charge < -0.3 is 10.2 Å². The summed E-state index contributed by atoms with van der Waals surface area (Å²) >= 11 is 0. The topological polar surface area (TPSA) is 140 Å². The molecule has 0 bridgehead atoms. The molecule has 0 amide bonds. The van der Waals surface area contributed by atoms with Crippen molar-refractivity contribution < 1.29 is 8.42 Å². The molecular weight excluding hydrogens is 542 g/mol. The number of hydrogen-bond donors (Lipinski definition) is 2. The van der Waals surface area contributed by atoms with E-state index in [1.807, 2.05) is 13.8 Å². The fourth-order valence-corrected chi connectivity index (χ4v) is 6.47. The number of nitrogens with one attached hydrogen (secondary N) is 2. The highest BCUT2D eigenvalue weighted by Gasteiger charge is 2.23. The number of pyridine rings is 2. The van der Waals surface area contributed by atoms with Crippen LogP contribution in [0, 0.1) is 0 Å². The summed E-state index contributed by atoms with van der Waals surface area (Å²) in [5.74, 6) is 0.473. The summed E-state index contributed by atoms with van der Waals surface area (Å²) in [6.07, 6.45) is 10.7. The summed E-state index contributed by atoms with van der Waals surface area (Å²) in [7, 11) is 2.29. The summed E-state index contributed by atoms with van der Waals surface area (Å²) in [6.45, 7) is 3.89. The van der Waals surface area contributed by atoms with Gasteiger partial charge in [-0.05, 0) is 71.8 Å². The standard InChI is InChI=1S/C28H37N9O3S/c1-18(2)37-26-21(15-30-28(33-26)32-22-7-9-23(10-8-22)35(3)4)12-24(27(37)38)20-6-11-25(29-14-20)34-41(39,40)17-19-13-31-36(5)16-19/h6,11-16,18,22-23H,7-10,17H2,1-5H3,(H,29,34)(H,30,32,33)/t22-,23-. The van der Waals surface area contributed by atoms with Crippen molar-refractivity contribution in [2.24, 2.45) is 7.05 Å². The smallest absolute Gasteiger partial charge is 0.260 e. The zero-order chi connectivity index (χ0) is 29.3. The zero-order valence-electron chi connectivity index (χ0n) is 24.1. The number of hydrogen-bond acceptors (Lipinski definition) is 9. The lowest BCUT2D eigenvalue weighted by atomic mass is 9.91. The highest BCUT2D eigenvalue weighted by molar-refractivity contribution is 7.91. The Labute approximate surface area is 239 Å². The molecule has 5 rings (SSSR count). The summed E-state index contributed by atoms with van der Waals surface area (Å²) in [6, 6.07) is 5.76. The summed E-state index contributed by atoms with van der Waals surface area (Å²) < 4.78 is 30.9. The highest BCUT2D eigenvalue weighted by atomic mass is 32.2. The number of anilines is 2. The summed E-state index contributed by atoms with van der Waals surface area (Å²) in [5, 5.41) is 8.22. The van der Waals surface area contributed by atoms with Crippen LogP contribution >= 0.6 is 0 Å². The second-order valence-electron chi connectivity index (χ2n) is 11.2. The van der Waals surface area contributed by atoms with Crippen LogP contribution in [-0.2, 0) is 22.8 Å². The zero-order valence-corrected chi connectivity index (χ0v) is 24.9. The first-order chi connectivity index (χ1) is 19.5. The molecule has 218 valence electrons. The number of fused-ring (bicyclic) bond motifs is 1. The minimum Gasteiger partial charge on any atom is -0.351 e. The molecule has 0 radical (unpaired) electrons. The van der Waals surface area contributed by atoms with Crippen molar-refractivity contribution in [2.75, 3.05) is 24.1 Å². The minimum absolute atomic E-state index is 0.144. The van der Waals surface area contributed by atoms with Gasteiger partial charge in [0.25, 0.3) is 5.56 Å². The third kappa shape index (κ3) is 6.57. The lowest BCUT2D eigenvalue weighted by Crippen LogP contribution is -2.36. The van der Waals surface area contributed by atoms with Crippen LogP contribution in [-0.4, -0.2) is 68.8 Å². The number of sulfonamides is 1. The van der Waals surface area contributed by atoms with E-state index >= 15 is 0 Å². The SMILES string of the molecule is CC(C)n1c(=O)c(-c2ccc(NS(=O)(=O)Cc3cnn(C)c3)nc2)cc2cnc(N[C@H]3CC[C@H](N(C)C)CC3)nc21. The van der Waals surface area contributed by atoms with E-state index in [2.05, 4.69) is 44.1 Å². The first-order valence-electron chi connectivity index (χ1n) is 13.8. The van der Waals surface area contributed by atoms with Crippen molar-refractivity contribution in [3.05, 3.63) is 58.9 Å². The van der Waals surface area contributed by atoms with Gasteiger partial charge in [-0.15, -0.1) is 0 Å². The first-order valence-corrected chi connectivity index (χ1v) is 15.4. The van der Waals surface area contributed by atoms with Crippen molar-refractivity contribution in [2.45, 2.75) is 63.4 Å². The predicted octanol–water partition coefficient (Wildman–Crippen LogP) is 3.39. The van der Waals surface area contributed by atoms with Gasteiger partial charge in [0.2, 0.25) is 16.0 Å². The molecule has 0 atom stereocenters. The largest absolute Gasteiger partial charge is 0.351 e. The number of rotatable bonds is 9. The Kier molecular flexibility index (Phi) is 8.09. The van der Waals surface area contributed by atoms with Crippen LogP contribution < -0.4 is 15.6 Å². The second kappa shape index (κ2) is 11.6. The molecule has 0 aliphatic heterocycles. The van der Waals surface area contributed by atoms with Gasteiger partial charge in [-0.1, -0.05) is 0 Å². The second-order valence-corrected chi connectivity index (χ2v) is 13.0. The Morgan fingerprint density at radius 2 is 1.83 bits per heavy atom. The average molecular weight is 580 g/mol. The van der Waals surface area contributed by atoms with Crippen molar-refractivity contribution in [3.63, 3.8) is 0 Å². The maximum Gasteiger partial charge on any atom is 0.260 e. The molecule has 12 nitrogen and oxygen atoms in total. The number of aromatic nitrogens is 6. The molecular formula is C28H37N9O3S. The third-order valence-electron chi connectivity index (χ3n) is 7.50. The molecule has 1 fully saturated rings. The van der Waals surface area contributed by atoms with Gasteiger partial charge in [-0.3, -0.25) is 18.8 Å². The van der Waals surface area contributed by atoms with E-state index in [4.69, 9.17) is 4.98 Å². The van der Waals surface area contributed by atoms with Gasteiger partial charge in [0.05, 0.1) is 11.9 Å². The summed E-state index contributed by atoms with van der Waals surface area (Å²) in [5.41, 5.74) is 1.95. The van der Waals surface area contributed by atoms with Gasteiger partial charge in [-0.25, -0.2) is 18.4 Å². The number of nitrogens with zero attached hydrogens (tertiary/aromatic N) is 7. The van der Waals surface area contributed by atoms with Gasteiger partial charge >= 0.3 is 0 Å². The quantitative estimate of drug-likeness (QED) is 0.305. The molecule has 41 heavy (non-hydrogen) atoms. The lowest BCUT2D eigenvalue weighted by Gasteiger charge is -2.33. The maximum atomic E-state index is 13.7. The molecule has 4 heterocycles. The summed E-state index contributed by atoms with van der Waals surface area (Å²) in [4.78, 5) is 29.6. The van der Waals surface area contributed by atoms with E-state index in [1.165, 1.54) is 12.4 Å². The normalized spacial score (nSPS) is 17.8. The minimum atomic E-state index is -3.68. The van der Waals surface area contributed by atoms with Crippen LogP contribution in [0.15, 0.2) is 47.8 Å². The number of aryl methyl sites for hydroxylation is 1. The van der Waals surface area contributed by atoms with E-state index in [9.17, 15) is 13.2 Å². The van der Waals surface area contributed by atoms with Crippen molar-refractivity contribution in [1.82, 2.24) is 34.2 Å². The van der Waals surface area contributed by atoms with Gasteiger partial charge in [0, 0.05) is 65.8 Å². The molecule has 0 unspecified atom stereocenters. The molecule has 13 heteroatoms. The van der Waals surface area contributed by atoms with Gasteiger partial charge in [0.15, 0.2) is 0 Å². The van der Waals surface area contributed by atoms with E-state index in [1.54, 1.807) is 46.9 Å². The Morgan fingerprint density at radius 3 is 2.44 bits per heavy atom. The van der Waals surface area contributed by atoms with Gasteiger partial charge in [-0.2, -0.15) is 10.1 Å². The lowest BCUT2D eigenvalue weighted by molar-refractivity contribution is 0.221. The fourth-order valence-electron chi connectivity index (χ4n) is 5.37. The van der Waals surface area contributed by atoms with Crippen molar-refractivity contribution >= 4 is 32.8 Å². The molecule has 0 spiro atoms. The maximum absolute atomic E-state index is 13.7. The van der Waals surface area contributed by atoms with Crippen LogP contribution in [0.2, 0.25) is 0 Å². The van der Waals surface area contributed by atoms with Crippen LogP contribution in [0.1, 0.15) is 51.1 Å². The van der Waals surface area contributed by atoms with E-state index in [0.29, 0.717) is 40.4 Å². The van der Waals surface area contributed by atoms with Gasteiger partial charge in [0.1, 0.15) is 11.5 Å². The van der Waals surface area contributed by atoms with Crippen LogP contribution in [0.25, 0.3) is 22.2 Å². The molecule has 1 aliphatic carbocycles. The van der Waals surface area contributed by atoms with E-state index < -0.39 is 10.0 Å². The molecule has 2 N–H and O–H groups in total. The Hall–Kier alpha value is -3.84. The van der Waals surface area contributed by atoms with Crippen molar-refractivity contribution in [3.8, 4) is 11.1 Å². The molecule has 4 aromatic rings. The van der Waals surface area contributed by atoms with Crippen LogP contribution in [0.4, 0.5) is 11.8 Å². The van der Waals surface area contributed by atoms with Crippen LogP contribution in [0.3, 0.4) is 0 Å². The van der Waals surface area contributed by atoms with E-state index in [-0.39, 0.29) is 23.2 Å². The molecule has 1 aliphatic rings. The Balaban J connectivity index is 1.37. The fraction of sp³-hybridized carbons (Fsp3) is 0.464. The van der Waals surface area contributed by atoms with Crippen molar-refractivity contribution in [1.29, 1.82) is 0 Å². The first kappa shape index (κ1) is 28.7. The van der Waals surface area contributed by atoms with Crippen LogP contribution in [0.5, 0.6) is 0 Å².